The van der Waals surface area contributed by atoms with Crippen LogP contribution in [-0.4, -0.2) is 26.9 Å². The molecule has 1 heterocycles. The lowest BCUT2D eigenvalue weighted by Gasteiger charge is -2.06. The van der Waals surface area contributed by atoms with Gasteiger partial charge in [-0.2, -0.15) is 5.10 Å². The number of hydrogen-bond acceptors (Lipinski definition) is 4. The van der Waals surface area contributed by atoms with Crippen LogP contribution in [0.2, 0.25) is 10.0 Å². The van der Waals surface area contributed by atoms with E-state index in [9.17, 15) is 4.79 Å². The Hall–Kier alpha value is -2.02. The van der Waals surface area contributed by atoms with Gasteiger partial charge in [-0.05, 0) is 43.7 Å². The second-order valence-corrected chi connectivity index (χ2v) is 7.53. The summed E-state index contributed by atoms with van der Waals surface area (Å²) in [5, 5.41) is 5.88. The van der Waals surface area contributed by atoms with Crippen molar-refractivity contribution in [3.05, 3.63) is 58.1 Å². The molecule has 1 amide bonds. The number of rotatable bonds is 6. The molecule has 3 aromatic rings. The van der Waals surface area contributed by atoms with Crippen LogP contribution in [0.3, 0.4) is 0 Å². The first kappa shape index (κ1) is 19.7. The smallest absolute Gasteiger partial charge is 0.250 e. The van der Waals surface area contributed by atoms with Crippen molar-refractivity contribution in [3.63, 3.8) is 0 Å². The van der Waals surface area contributed by atoms with Gasteiger partial charge in [-0.3, -0.25) is 4.79 Å². The molecule has 0 bridgehead atoms. The number of hydrazone groups is 1. The highest BCUT2D eigenvalue weighted by Gasteiger charge is 2.11. The zero-order chi connectivity index (χ0) is 19.4. The summed E-state index contributed by atoms with van der Waals surface area (Å²) in [6.07, 6.45) is 0. The van der Waals surface area contributed by atoms with Crippen LogP contribution in [-0.2, 0) is 11.3 Å². The van der Waals surface area contributed by atoms with Gasteiger partial charge < -0.3 is 4.57 Å². The van der Waals surface area contributed by atoms with Crippen LogP contribution in [0, 0.1) is 0 Å². The Bertz CT molecular complexity index is 1020. The summed E-state index contributed by atoms with van der Waals surface area (Å²) >= 11 is 13.3. The monoisotopic (exact) mass is 420 g/mol. The lowest BCUT2D eigenvalue weighted by atomic mass is 10.1. The molecule has 0 aliphatic heterocycles. The molecule has 1 aromatic heterocycles. The highest BCUT2D eigenvalue weighted by molar-refractivity contribution is 7.99. The Morgan fingerprint density at radius 2 is 2.00 bits per heavy atom. The maximum Gasteiger partial charge on any atom is 0.250 e. The summed E-state index contributed by atoms with van der Waals surface area (Å²) in [5.74, 6) is 0.0238. The quantitative estimate of drug-likeness (QED) is 0.346. The van der Waals surface area contributed by atoms with Crippen molar-refractivity contribution >= 4 is 57.6 Å². The number of benzene rings is 2. The standard InChI is InChI=1S/C19H18Cl2N4OS/c1-3-25-17-7-5-4-6-16(17)22-19(25)27-11-18(26)24-23-12(2)13-8-9-14(20)15(21)10-13/h4-10H,3,11H2,1-2H3,(H,24,26)/b23-12+. The van der Waals surface area contributed by atoms with Gasteiger partial charge >= 0.3 is 0 Å². The van der Waals surface area contributed by atoms with Gasteiger partial charge in [-0.25, -0.2) is 10.4 Å². The molecule has 0 radical (unpaired) electrons. The first-order chi connectivity index (χ1) is 13.0. The van der Waals surface area contributed by atoms with Crippen molar-refractivity contribution in [1.29, 1.82) is 0 Å². The van der Waals surface area contributed by atoms with E-state index in [1.54, 1.807) is 25.1 Å². The van der Waals surface area contributed by atoms with Crippen molar-refractivity contribution in [2.45, 2.75) is 25.5 Å². The Morgan fingerprint density at radius 1 is 1.22 bits per heavy atom. The molecular weight excluding hydrogens is 403 g/mol. The fraction of sp³-hybridized carbons (Fsp3) is 0.211. The number of hydrogen-bond donors (Lipinski definition) is 1. The number of nitrogens with zero attached hydrogens (tertiary/aromatic N) is 3. The topological polar surface area (TPSA) is 59.3 Å². The highest BCUT2D eigenvalue weighted by Crippen LogP contribution is 2.24. The van der Waals surface area contributed by atoms with Crippen LogP contribution in [0.1, 0.15) is 19.4 Å². The number of amides is 1. The minimum absolute atomic E-state index is 0.200. The van der Waals surface area contributed by atoms with Gasteiger partial charge in [0.05, 0.1) is 32.5 Å². The SMILES string of the molecule is CCn1c(SCC(=O)N/N=C(\C)c2ccc(Cl)c(Cl)c2)nc2ccccc21. The molecule has 0 unspecified atom stereocenters. The van der Waals surface area contributed by atoms with E-state index >= 15 is 0 Å². The van der Waals surface area contributed by atoms with E-state index in [-0.39, 0.29) is 11.7 Å². The second kappa shape index (κ2) is 8.78. The maximum absolute atomic E-state index is 12.2. The summed E-state index contributed by atoms with van der Waals surface area (Å²) in [6.45, 7) is 4.64. The third-order valence-electron chi connectivity index (χ3n) is 3.95. The molecule has 0 saturated heterocycles. The summed E-state index contributed by atoms with van der Waals surface area (Å²) < 4.78 is 2.09. The third-order valence-corrected chi connectivity index (χ3v) is 5.67. The summed E-state index contributed by atoms with van der Waals surface area (Å²) in [6, 6.07) is 13.2. The Labute approximate surface area is 171 Å². The van der Waals surface area contributed by atoms with Crippen molar-refractivity contribution in [1.82, 2.24) is 15.0 Å². The van der Waals surface area contributed by atoms with Crippen molar-refractivity contribution in [2.24, 2.45) is 5.10 Å². The normalized spacial score (nSPS) is 11.8. The van der Waals surface area contributed by atoms with E-state index in [0.717, 1.165) is 28.3 Å². The first-order valence-electron chi connectivity index (χ1n) is 8.36. The minimum Gasteiger partial charge on any atom is -0.319 e. The van der Waals surface area contributed by atoms with Gasteiger partial charge in [0.15, 0.2) is 5.16 Å². The Morgan fingerprint density at radius 3 is 2.74 bits per heavy atom. The number of thioether (sulfide) groups is 1. The van der Waals surface area contributed by atoms with Crippen molar-refractivity contribution in [3.8, 4) is 0 Å². The molecule has 0 saturated carbocycles. The molecule has 0 aliphatic carbocycles. The van der Waals surface area contributed by atoms with Crippen LogP contribution in [0.5, 0.6) is 0 Å². The van der Waals surface area contributed by atoms with Crippen LogP contribution in [0.15, 0.2) is 52.7 Å². The van der Waals surface area contributed by atoms with Crippen molar-refractivity contribution < 1.29 is 4.79 Å². The van der Waals surface area contributed by atoms with Crippen LogP contribution in [0.4, 0.5) is 0 Å². The summed E-state index contributed by atoms with van der Waals surface area (Å²) in [5.41, 5.74) is 6.01. The molecule has 8 heteroatoms. The number of imidazole rings is 1. The number of para-hydroxylation sites is 2. The maximum atomic E-state index is 12.2. The van der Waals surface area contributed by atoms with Gasteiger partial charge in [0.25, 0.3) is 5.91 Å². The zero-order valence-electron chi connectivity index (χ0n) is 14.9. The number of carbonyl (C=O) groups excluding carboxylic acids is 1. The van der Waals surface area contributed by atoms with E-state index in [1.165, 1.54) is 11.8 Å². The van der Waals surface area contributed by atoms with Gasteiger partial charge in [-0.1, -0.05) is 53.2 Å². The zero-order valence-corrected chi connectivity index (χ0v) is 17.2. The Balaban J connectivity index is 1.63. The molecule has 27 heavy (non-hydrogen) atoms. The summed E-state index contributed by atoms with van der Waals surface area (Å²) in [7, 11) is 0. The molecular formula is C19H18Cl2N4OS. The van der Waals surface area contributed by atoms with Gasteiger partial charge in [-0.15, -0.1) is 0 Å². The van der Waals surface area contributed by atoms with Crippen LogP contribution >= 0.6 is 35.0 Å². The molecule has 5 nitrogen and oxygen atoms in total. The molecule has 0 aliphatic rings. The van der Waals surface area contributed by atoms with E-state index in [1.807, 2.05) is 24.3 Å². The van der Waals surface area contributed by atoms with Crippen LogP contribution < -0.4 is 5.43 Å². The van der Waals surface area contributed by atoms with E-state index in [2.05, 4.69) is 27.0 Å². The molecule has 0 fully saturated rings. The van der Waals surface area contributed by atoms with Crippen LogP contribution in [0.25, 0.3) is 11.0 Å². The van der Waals surface area contributed by atoms with E-state index < -0.39 is 0 Å². The summed E-state index contributed by atoms with van der Waals surface area (Å²) in [4.78, 5) is 16.8. The molecule has 2 aromatic carbocycles. The average molecular weight is 421 g/mol. The molecule has 0 atom stereocenters. The number of halogens is 2. The third kappa shape index (κ3) is 4.64. The number of nitrogens with one attached hydrogen (secondary N) is 1. The molecule has 0 spiro atoms. The lowest BCUT2D eigenvalue weighted by Crippen LogP contribution is -2.21. The number of aryl methyl sites for hydroxylation is 1. The first-order valence-corrected chi connectivity index (χ1v) is 10.1. The molecule has 1 N–H and O–H groups in total. The van der Waals surface area contributed by atoms with Gasteiger partial charge in [0.1, 0.15) is 0 Å². The predicted octanol–water partition coefficient (Wildman–Crippen LogP) is 5.00. The van der Waals surface area contributed by atoms with Crippen molar-refractivity contribution in [2.75, 3.05) is 5.75 Å². The fourth-order valence-corrected chi connectivity index (χ4v) is 3.73. The average Bonchev–Trinajstić information content (AvgIpc) is 3.04. The fourth-order valence-electron chi connectivity index (χ4n) is 2.56. The number of carbonyl (C=O) groups is 1. The molecule has 140 valence electrons. The highest BCUT2D eigenvalue weighted by atomic mass is 35.5. The van der Waals surface area contributed by atoms with Gasteiger partial charge in [0.2, 0.25) is 0 Å². The van der Waals surface area contributed by atoms with E-state index in [4.69, 9.17) is 23.2 Å². The number of aromatic nitrogens is 2. The largest absolute Gasteiger partial charge is 0.319 e. The lowest BCUT2D eigenvalue weighted by molar-refractivity contribution is -0.118. The predicted molar refractivity (Wildman–Crippen MR) is 113 cm³/mol. The van der Waals surface area contributed by atoms with E-state index in [0.29, 0.717) is 15.8 Å². The van der Waals surface area contributed by atoms with Gasteiger partial charge in [0, 0.05) is 6.54 Å². The second-order valence-electron chi connectivity index (χ2n) is 5.78. The molecule has 3 rings (SSSR count). The Kier molecular flexibility index (Phi) is 6.42. The number of fused-ring (bicyclic) bond motifs is 1. The minimum atomic E-state index is -0.200.